The summed E-state index contributed by atoms with van der Waals surface area (Å²) in [5.41, 5.74) is 2.00. The monoisotopic (exact) mass is 203 g/mol. The summed E-state index contributed by atoms with van der Waals surface area (Å²) < 4.78 is 0. The van der Waals surface area contributed by atoms with Crippen LogP contribution in [0.25, 0.3) is 0 Å². The topological polar surface area (TPSA) is 36.8 Å². The van der Waals surface area contributed by atoms with E-state index in [2.05, 4.69) is 29.0 Å². The van der Waals surface area contributed by atoms with Gasteiger partial charge in [-0.3, -0.25) is 0 Å². The van der Waals surface area contributed by atoms with E-state index in [1.807, 2.05) is 31.2 Å². The van der Waals surface area contributed by atoms with Crippen LogP contribution in [0.5, 0.6) is 0 Å². The van der Waals surface area contributed by atoms with Crippen LogP contribution in [0.4, 0.5) is 5.69 Å². The van der Waals surface area contributed by atoms with Gasteiger partial charge in [-0.05, 0) is 25.0 Å². The number of hydrogen-bond acceptors (Lipinski definition) is 3. The highest BCUT2D eigenvalue weighted by Gasteiger charge is 1.93. The van der Waals surface area contributed by atoms with E-state index in [0.29, 0.717) is 5.82 Å². The molecular weight excluding hydrogens is 186 g/mol. The van der Waals surface area contributed by atoms with Crippen molar-refractivity contribution in [2.45, 2.75) is 20.3 Å². The van der Waals surface area contributed by atoms with Crippen molar-refractivity contribution in [3.05, 3.63) is 42.2 Å². The van der Waals surface area contributed by atoms with Gasteiger partial charge in [-0.2, -0.15) is 0 Å². The van der Waals surface area contributed by atoms with E-state index < -0.39 is 0 Å². The molecule has 1 rings (SSSR count). The fraction of sp³-hybridized carbons (Fsp3) is 0.333. The van der Waals surface area contributed by atoms with Crippen molar-refractivity contribution in [2.75, 3.05) is 6.54 Å². The maximum Gasteiger partial charge on any atom is 0.141 e. The fourth-order valence-corrected chi connectivity index (χ4v) is 1.09. The first-order chi connectivity index (χ1) is 7.24. The number of aryl methyl sites for hydroxylation is 1. The molecule has 0 bridgehead atoms. The first-order valence-electron chi connectivity index (χ1n) is 5.14. The van der Waals surface area contributed by atoms with Crippen LogP contribution in [0.3, 0.4) is 0 Å². The van der Waals surface area contributed by atoms with Gasteiger partial charge in [0, 0.05) is 6.54 Å². The fourth-order valence-electron chi connectivity index (χ4n) is 1.09. The molecule has 3 nitrogen and oxygen atoms in total. The standard InChI is InChI=1S/C12H17N3/c1-4-9-13-11(3)14-15-12-8-6-5-7-10(12)2/h5-8,13H,3-4,9H2,1-2H3. The van der Waals surface area contributed by atoms with Crippen LogP contribution in [0.2, 0.25) is 0 Å². The van der Waals surface area contributed by atoms with Gasteiger partial charge in [0.05, 0.1) is 5.69 Å². The number of nitrogens with zero attached hydrogens (tertiary/aromatic N) is 2. The van der Waals surface area contributed by atoms with E-state index >= 15 is 0 Å². The van der Waals surface area contributed by atoms with E-state index in [1.54, 1.807) is 0 Å². The molecule has 0 spiro atoms. The number of benzene rings is 1. The Kier molecular flexibility index (Phi) is 4.54. The van der Waals surface area contributed by atoms with Crippen molar-refractivity contribution < 1.29 is 0 Å². The normalized spacial score (nSPS) is 10.5. The molecule has 0 aliphatic carbocycles. The zero-order valence-corrected chi connectivity index (χ0v) is 9.33. The summed E-state index contributed by atoms with van der Waals surface area (Å²) in [6, 6.07) is 7.88. The molecule has 0 amide bonds. The first-order valence-corrected chi connectivity index (χ1v) is 5.14. The molecule has 1 aromatic rings. The highest BCUT2D eigenvalue weighted by atomic mass is 15.2. The van der Waals surface area contributed by atoms with Gasteiger partial charge in [0.1, 0.15) is 5.82 Å². The Hall–Kier alpha value is -1.64. The number of hydrogen-bond donors (Lipinski definition) is 1. The van der Waals surface area contributed by atoms with Crippen molar-refractivity contribution in [1.29, 1.82) is 0 Å². The Labute approximate surface area is 90.9 Å². The molecule has 0 saturated carbocycles. The van der Waals surface area contributed by atoms with Gasteiger partial charge in [0.25, 0.3) is 0 Å². The largest absolute Gasteiger partial charge is 0.369 e. The molecule has 0 aliphatic rings. The van der Waals surface area contributed by atoms with Gasteiger partial charge in [-0.1, -0.05) is 31.7 Å². The summed E-state index contributed by atoms with van der Waals surface area (Å²) in [5.74, 6) is 0.611. The lowest BCUT2D eigenvalue weighted by Crippen LogP contribution is -2.10. The minimum absolute atomic E-state index is 0.611. The predicted molar refractivity (Wildman–Crippen MR) is 63.1 cm³/mol. The molecule has 1 aromatic carbocycles. The molecule has 0 heterocycles. The van der Waals surface area contributed by atoms with Gasteiger partial charge < -0.3 is 5.32 Å². The van der Waals surface area contributed by atoms with Crippen molar-refractivity contribution in [2.24, 2.45) is 10.2 Å². The number of rotatable bonds is 5. The average Bonchev–Trinajstić information content (AvgIpc) is 2.25. The van der Waals surface area contributed by atoms with Gasteiger partial charge in [0.2, 0.25) is 0 Å². The summed E-state index contributed by atoms with van der Waals surface area (Å²) >= 11 is 0. The van der Waals surface area contributed by atoms with Crippen molar-refractivity contribution in [3.63, 3.8) is 0 Å². The molecule has 3 heteroatoms. The Bertz CT molecular complexity index is 356. The Morgan fingerprint density at radius 1 is 1.40 bits per heavy atom. The molecule has 1 N–H and O–H groups in total. The number of nitrogens with one attached hydrogen (secondary N) is 1. The average molecular weight is 203 g/mol. The summed E-state index contributed by atoms with van der Waals surface area (Å²) in [6.45, 7) is 8.75. The van der Waals surface area contributed by atoms with Crippen LogP contribution in [-0.4, -0.2) is 6.54 Å². The minimum atomic E-state index is 0.611. The van der Waals surface area contributed by atoms with Gasteiger partial charge >= 0.3 is 0 Å². The highest BCUT2D eigenvalue weighted by molar-refractivity contribution is 5.43. The maximum atomic E-state index is 4.12. The Morgan fingerprint density at radius 2 is 2.13 bits per heavy atom. The third-order valence-electron chi connectivity index (χ3n) is 1.97. The lowest BCUT2D eigenvalue weighted by molar-refractivity contribution is 0.753. The second-order valence-electron chi connectivity index (χ2n) is 3.36. The van der Waals surface area contributed by atoms with E-state index in [4.69, 9.17) is 0 Å². The first kappa shape index (κ1) is 11.4. The molecule has 80 valence electrons. The molecule has 15 heavy (non-hydrogen) atoms. The maximum absolute atomic E-state index is 4.12. The molecule has 0 aromatic heterocycles. The molecule has 0 radical (unpaired) electrons. The summed E-state index contributed by atoms with van der Waals surface area (Å²) in [4.78, 5) is 0. The van der Waals surface area contributed by atoms with Gasteiger partial charge in [-0.25, -0.2) is 0 Å². The zero-order chi connectivity index (χ0) is 11.1. The van der Waals surface area contributed by atoms with E-state index in [-0.39, 0.29) is 0 Å². The second kappa shape index (κ2) is 5.96. The summed E-state index contributed by atoms with van der Waals surface area (Å²) in [7, 11) is 0. The van der Waals surface area contributed by atoms with Crippen LogP contribution in [0.15, 0.2) is 46.9 Å². The zero-order valence-electron chi connectivity index (χ0n) is 9.33. The quantitative estimate of drug-likeness (QED) is 0.730. The smallest absolute Gasteiger partial charge is 0.141 e. The third-order valence-corrected chi connectivity index (χ3v) is 1.97. The third kappa shape index (κ3) is 3.94. The molecule has 0 unspecified atom stereocenters. The van der Waals surface area contributed by atoms with E-state index in [0.717, 1.165) is 24.2 Å². The van der Waals surface area contributed by atoms with Crippen LogP contribution in [-0.2, 0) is 0 Å². The SMILES string of the molecule is C=C(N=Nc1ccccc1C)NCCC. The predicted octanol–water partition coefficient (Wildman–Crippen LogP) is 3.55. The lowest BCUT2D eigenvalue weighted by Gasteiger charge is -2.01. The minimum Gasteiger partial charge on any atom is -0.369 e. The van der Waals surface area contributed by atoms with Crippen LogP contribution in [0.1, 0.15) is 18.9 Å². The Morgan fingerprint density at radius 3 is 2.80 bits per heavy atom. The lowest BCUT2D eigenvalue weighted by atomic mass is 10.2. The van der Waals surface area contributed by atoms with E-state index in [9.17, 15) is 0 Å². The van der Waals surface area contributed by atoms with E-state index in [1.165, 1.54) is 0 Å². The summed E-state index contributed by atoms with van der Waals surface area (Å²) in [6.07, 6.45) is 1.05. The second-order valence-corrected chi connectivity index (χ2v) is 3.36. The molecule has 0 fully saturated rings. The molecular formula is C12H17N3. The van der Waals surface area contributed by atoms with Gasteiger partial charge in [-0.15, -0.1) is 10.2 Å². The van der Waals surface area contributed by atoms with Crippen molar-refractivity contribution >= 4 is 5.69 Å². The van der Waals surface area contributed by atoms with Crippen molar-refractivity contribution in [1.82, 2.24) is 5.32 Å². The van der Waals surface area contributed by atoms with Gasteiger partial charge in [0.15, 0.2) is 0 Å². The highest BCUT2D eigenvalue weighted by Crippen LogP contribution is 2.17. The van der Waals surface area contributed by atoms with Crippen LogP contribution in [0, 0.1) is 6.92 Å². The van der Waals surface area contributed by atoms with Crippen molar-refractivity contribution in [3.8, 4) is 0 Å². The van der Waals surface area contributed by atoms with Crippen LogP contribution >= 0.6 is 0 Å². The summed E-state index contributed by atoms with van der Waals surface area (Å²) in [5, 5.41) is 11.2. The Balaban J connectivity index is 2.58. The number of azo groups is 1. The van der Waals surface area contributed by atoms with Crippen LogP contribution < -0.4 is 5.32 Å². The molecule has 0 atom stereocenters. The molecule has 0 aliphatic heterocycles. The molecule has 0 saturated heterocycles.